The van der Waals surface area contributed by atoms with Crippen LogP contribution in [-0.2, 0) is 4.74 Å². The molecule has 1 fully saturated rings. The third kappa shape index (κ3) is 4.66. The predicted molar refractivity (Wildman–Crippen MR) is 61.5 cm³/mol. The maximum absolute atomic E-state index is 8.40. The van der Waals surface area contributed by atoms with Crippen LogP contribution in [0, 0.1) is 17.2 Å². The summed E-state index contributed by atoms with van der Waals surface area (Å²) in [5.74, 6) is 0.787. The molecule has 0 aliphatic heterocycles. The van der Waals surface area contributed by atoms with E-state index in [-0.39, 0.29) is 0 Å². The number of unbranched alkanes of at least 4 members (excludes halogenated alkanes) is 2. The van der Waals surface area contributed by atoms with Crippen molar-refractivity contribution in [1.29, 1.82) is 5.26 Å². The van der Waals surface area contributed by atoms with Crippen LogP contribution in [0.2, 0.25) is 0 Å². The molecule has 0 radical (unpaired) electrons. The van der Waals surface area contributed by atoms with Crippen LogP contribution in [0.15, 0.2) is 0 Å². The third-order valence-corrected chi connectivity index (χ3v) is 3.38. The van der Waals surface area contributed by atoms with Crippen LogP contribution < -0.4 is 0 Å². The molecule has 15 heavy (non-hydrogen) atoms. The number of hydrogen-bond donors (Lipinski definition) is 0. The summed E-state index contributed by atoms with van der Waals surface area (Å²) in [6.07, 6.45) is 9.77. The van der Waals surface area contributed by atoms with Crippen LogP contribution in [0.4, 0.5) is 0 Å². The smallest absolute Gasteiger partial charge is 0.0621 e. The zero-order chi connectivity index (χ0) is 10.9. The van der Waals surface area contributed by atoms with Crippen molar-refractivity contribution in [2.24, 2.45) is 5.92 Å². The highest BCUT2D eigenvalue weighted by atomic mass is 16.5. The Morgan fingerprint density at radius 2 is 2.07 bits per heavy atom. The number of ether oxygens (including phenoxy) is 1. The molecule has 0 aromatic heterocycles. The second kappa shape index (κ2) is 7.70. The summed E-state index contributed by atoms with van der Waals surface area (Å²) in [5, 5.41) is 8.40. The normalized spacial score (nSPS) is 26.1. The van der Waals surface area contributed by atoms with Gasteiger partial charge in [0.2, 0.25) is 0 Å². The Morgan fingerprint density at radius 3 is 2.80 bits per heavy atom. The van der Waals surface area contributed by atoms with Crippen LogP contribution >= 0.6 is 0 Å². The highest BCUT2D eigenvalue weighted by Gasteiger charge is 2.23. The van der Waals surface area contributed by atoms with Crippen LogP contribution in [0.3, 0.4) is 0 Å². The molecule has 0 aromatic carbocycles. The Balaban J connectivity index is 2.10. The van der Waals surface area contributed by atoms with Crippen molar-refractivity contribution >= 4 is 0 Å². The number of hydrogen-bond acceptors (Lipinski definition) is 2. The minimum absolute atomic E-state index is 0.505. The van der Waals surface area contributed by atoms with E-state index in [0.29, 0.717) is 12.5 Å². The zero-order valence-electron chi connectivity index (χ0n) is 9.87. The van der Waals surface area contributed by atoms with Crippen molar-refractivity contribution in [3.63, 3.8) is 0 Å². The Hall–Kier alpha value is -0.550. The average Bonchev–Trinajstić information content (AvgIpc) is 2.29. The second-order valence-electron chi connectivity index (χ2n) is 4.48. The van der Waals surface area contributed by atoms with E-state index in [4.69, 9.17) is 10.00 Å². The summed E-state index contributed by atoms with van der Waals surface area (Å²) in [7, 11) is 0. The van der Waals surface area contributed by atoms with E-state index in [1.165, 1.54) is 32.1 Å². The molecule has 2 unspecified atom stereocenters. The largest absolute Gasteiger partial charge is 0.378 e. The van der Waals surface area contributed by atoms with Gasteiger partial charge in [0.25, 0.3) is 0 Å². The molecule has 2 heteroatoms. The molecule has 1 saturated carbocycles. The van der Waals surface area contributed by atoms with Gasteiger partial charge < -0.3 is 4.74 Å². The molecular formula is C13H23NO. The molecule has 1 rings (SSSR count). The van der Waals surface area contributed by atoms with Gasteiger partial charge in [0, 0.05) is 13.0 Å². The maximum atomic E-state index is 8.40. The van der Waals surface area contributed by atoms with Gasteiger partial charge in [0.1, 0.15) is 0 Å². The number of nitriles is 1. The van der Waals surface area contributed by atoms with E-state index in [1.54, 1.807) is 0 Å². The fourth-order valence-corrected chi connectivity index (χ4v) is 2.40. The van der Waals surface area contributed by atoms with Crippen molar-refractivity contribution in [2.45, 2.75) is 64.4 Å². The van der Waals surface area contributed by atoms with Crippen LogP contribution in [0.25, 0.3) is 0 Å². The number of rotatable bonds is 6. The minimum atomic E-state index is 0.505. The van der Waals surface area contributed by atoms with Gasteiger partial charge in [0.15, 0.2) is 0 Å². The molecule has 0 spiro atoms. The molecule has 86 valence electrons. The fourth-order valence-electron chi connectivity index (χ4n) is 2.40. The molecule has 2 atom stereocenters. The average molecular weight is 209 g/mol. The van der Waals surface area contributed by atoms with Crippen molar-refractivity contribution in [3.05, 3.63) is 0 Å². The first-order valence-electron chi connectivity index (χ1n) is 6.37. The minimum Gasteiger partial charge on any atom is -0.378 e. The zero-order valence-corrected chi connectivity index (χ0v) is 9.87. The van der Waals surface area contributed by atoms with E-state index in [2.05, 4.69) is 13.0 Å². The molecule has 0 heterocycles. The third-order valence-electron chi connectivity index (χ3n) is 3.38. The predicted octanol–water partition coefficient (Wildman–Crippen LogP) is 3.67. The first-order valence-corrected chi connectivity index (χ1v) is 6.37. The fraction of sp³-hybridized carbons (Fsp3) is 0.923. The Bertz CT molecular complexity index is 197. The lowest BCUT2D eigenvalue weighted by molar-refractivity contribution is -0.0132. The van der Waals surface area contributed by atoms with Crippen molar-refractivity contribution < 1.29 is 4.74 Å². The quantitative estimate of drug-likeness (QED) is 0.625. The molecule has 0 N–H and O–H groups in total. The molecule has 0 aromatic rings. The lowest BCUT2D eigenvalue weighted by Gasteiger charge is -2.30. The van der Waals surface area contributed by atoms with Gasteiger partial charge in [-0.25, -0.2) is 0 Å². The lowest BCUT2D eigenvalue weighted by Crippen LogP contribution is -2.27. The van der Waals surface area contributed by atoms with Gasteiger partial charge in [-0.2, -0.15) is 5.26 Å². The molecule has 1 aliphatic rings. The van der Waals surface area contributed by atoms with Crippen molar-refractivity contribution in [3.8, 4) is 6.07 Å². The Labute approximate surface area is 93.6 Å². The van der Waals surface area contributed by atoms with Gasteiger partial charge in [0.05, 0.1) is 12.2 Å². The van der Waals surface area contributed by atoms with Gasteiger partial charge in [-0.3, -0.25) is 0 Å². The summed E-state index contributed by atoms with van der Waals surface area (Å²) in [4.78, 5) is 0. The molecule has 2 nitrogen and oxygen atoms in total. The number of nitrogens with zero attached hydrogens (tertiary/aromatic N) is 1. The summed E-state index contributed by atoms with van der Waals surface area (Å²) >= 11 is 0. The second-order valence-corrected chi connectivity index (χ2v) is 4.48. The van der Waals surface area contributed by atoms with E-state index < -0.39 is 0 Å². The van der Waals surface area contributed by atoms with Gasteiger partial charge in [-0.15, -0.1) is 0 Å². The van der Waals surface area contributed by atoms with Gasteiger partial charge in [-0.05, 0) is 31.6 Å². The van der Waals surface area contributed by atoms with E-state index >= 15 is 0 Å². The highest BCUT2D eigenvalue weighted by molar-refractivity contribution is 4.75. The molecule has 0 amide bonds. The first kappa shape index (κ1) is 12.5. The van der Waals surface area contributed by atoms with Crippen molar-refractivity contribution in [2.75, 3.05) is 6.61 Å². The highest BCUT2D eigenvalue weighted by Crippen LogP contribution is 2.29. The Morgan fingerprint density at radius 1 is 1.27 bits per heavy atom. The van der Waals surface area contributed by atoms with E-state index in [0.717, 1.165) is 25.4 Å². The summed E-state index contributed by atoms with van der Waals surface area (Å²) in [6, 6.07) is 2.17. The van der Waals surface area contributed by atoms with Crippen LogP contribution in [-0.4, -0.2) is 12.7 Å². The van der Waals surface area contributed by atoms with E-state index in [1.807, 2.05) is 0 Å². The van der Waals surface area contributed by atoms with E-state index in [9.17, 15) is 0 Å². The topological polar surface area (TPSA) is 33.0 Å². The monoisotopic (exact) mass is 209 g/mol. The maximum Gasteiger partial charge on any atom is 0.0621 e. The van der Waals surface area contributed by atoms with Gasteiger partial charge in [-0.1, -0.05) is 26.2 Å². The summed E-state index contributed by atoms with van der Waals surface area (Å²) in [5.41, 5.74) is 0. The first-order chi connectivity index (χ1) is 7.38. The Kier molecular flexibility index (Phi) is 6.43. The van der Waals surface area contributed by atoms with Crippen molar-refractivity contribution in [1.82, 2.24) is 0 Å². The summed E-state index contributed by atoms with van der Waals surface area (Å²) in [6.45, 7) is 3.12. The van der Waals surface area contributed by atoms with Gasteiger partial charge >= 0.3 is 0 Å². The molecule has 0 bridgehead atoms. The SMILES string of the molecule is CCC1CCCCC1OCCCCC#N. The molecule has 0 saturated heterocycles. The summed E-state index contributed by atoms with van der Waals surface area (Å²) < 4.78 is 5.92. The molecule has 1 aliphatic carbocycles. The molecular weight excluding hydrogens is 186 g/mol. The van der Waals surface area contributed by atoms with Crippen LogP contribution in [0.5, 0.6) is 0 Å². The van der Waals surface area contributed by atoms with Crippen LogP contribution in [0.1, 0.15) is 58.3 Å². The lowest BCUT2D eigenvalue weighted by atomic mass is 9.85. The standard InChI is InChI=1S/C13H23NO/c1-2-12-8-4-5-9-13(12)15-11-7-3-6-10-14/h12-13H,2-9,11H2,1H3.